The topological polar surface area (TPSA) is 58.4 Å². The van der Waals surface area contributed by atoms with Gasteiger partial charge in [-0.1, -0.05) is 20.3 Å². The van der Waals surface area contributed by atoms with Gasteiger partial charge in [-0.3, -0.25) is 4.79 Å². The van der Waals surface area contributed by atoms with Crippen LogP contribution in [0.3, 0.4) is 0 Å². The normalized spacial score (nSPS) is 14.4. The lowest BCUT2D eigenvalue weighted by Gasteiger charge is -2.18. The fraction of sp³-hybridized carbons (Fsp3) is 0.667. The minimum atomic E-state index is -0.532. The summed E-state index contributed by atoms with van der Waals surface area (Å²) in [6, 6.07) is 1.52. The van der Waals surface area contributed by atoms with E-state index in [1.165, 1.54) is 10.7 Å². The van der Waals surface area contributed by atoms with E-state index in [4.69, 9.17) is 0 Å². The minimum Gasteiger partial charge on any atom is -0.391 e. The Bertz CT molecular complexity index is 414. The van der Waals surface area contributed by atoms with Gasteiger partial charge < -0.3 is 10.0 Å². The van der Waals surface area contributed by atoms with Crippen LogP contribution in [-0.4, -0.2) is 35.1 Å². The highest BCUT2D eigenvalue weighted by Gasteiger charge is 2.14. The van der Waals surface area contributed by atoms with Crippen LogP contribution >= 0.6 is 0 Å². The van der Waals surface area contributed by atoms with Crippen molar-refractivity contribution < 1.29 is 5.11 Å². The van der Waals surface area contributed by atoms with E-state index in [9.17, 15) is 9.90 Å². The second-order valence-corrected chi connectivity index (χ2v) is 4.58. The second-order valence-electron chi connectivity index (χ2n) is 4.58. The maximum Gasteiger partial charge on any atom is 0.268 e. The summed E-state index contributed by atoms with van der Waals surface area (Å²) in [5, 5.41) is 13.9. The predicted octanol–water partition coefficient (Wildman–Crippen LogP) is 0.716. The van der Waals surface area contributed by atoms with Gasteiger partial charge in [0.15, 0.2) is 0 Å². The third-order valence-corrected chi connectivity index (χ3v) is 3.03. The van der Waals surface area contributed by atoms with Gasteiger partial charge >= 0.3 is 0 Å². The monoisotopic (exact) mass is 239 g/mol. The van der Waals surface area contributed by atoms with E-state index >= 15 is 0 Å². The predicted molar refractivity (Wildman–Crippen MR) is 68.3 cm³/mol. The van der Waals surface area contributed by atoms with Gasteiger partial charge in [-0.25, -0.2) is 4.68 Å². The highest BCUT2D eigenvalue weighted by Crippen LogP contribution is 2.09. The molecule has 5 nitrogen and oxygen atoms in total. The van der Waals surface area contributed by atoms with Crippen molar-refractivity contribution in [3.05, 3.63) is 22.6 Å². The molecule has 96 valence electrons. The molecule has 0 aromatic carbocycles. The molecule has 0 radical (unpaired) electrons. The van der Waals surface area contributed by atoms with Crippen molar-refractivity contribution in [1.29, 1.82) is 0 Å². The Kier molecular flexibility index (Phi) is 4.69. The first-order valence-corrected chi connectivity index (χ1v) is 5.88. The Balaban J connectivity index is 2.83. The van der Waals surface area contributed by atoms with E-state index < -0.39 is 6.10 Å². The Morgan fingerprint density at radius 1 is 1.53 bits per heavy atom. The summed E-state index contributed by atoms with van der Waals surface area (Å²) < 4.78 is 1.31. The van der Waals surface area contributed by atoms with Gasteiger partial charge in [0.2, 0.25) is 0 Å². The first-order valence-electron chi connectivity index (χ1n) is 5.88. The number of rotatable bonds is 5. The molecule has 1 heterocycles. The van der Waals surface area contributed by atoms with Crippen molar-refractivity contribution in [3.8, 4) is 0 Å². The van der Waals surface area contributed by atoms with E-state index in [0.717, 1.165) is 12.1 Å². The van der Waals surface area contributed by atoms with E-state index in [-0.39, 0.29) is 18.0 Å². The molecule has 0 saturated carbocycles. The van der Waals surface area contributed by atoms with Crippen molar-refractivity contribution in [2.24, 2.45) is 5.92 Å². The Morgan fingerprint density at radius 3 is 2.65 bits per heavy atom. The molecule has 0 bridgehead atoms. The number of nitrogens with zero attached hydrogens (tertiary/aromatic N) is 3. The van der Waals surface area contributed by atoms with Crippen LogP contribution in [0.15, 0.2) is 17.1 Å². The first-order chi connectivity index (χ1) is 7.95. The Morgan fingerprint density at radius 2 is 2.18 bits per heavy atom. The largest absolute Gasteiger partial charge is 0.391 e. The lowest BCUT2D eigenvalue weighted by molar-refractivity contribution is 0.0913. The molecule has 0 aliphatic carbocycles. The van der Waals surface area contributed by atoms with Gasteiger partial charge in [0.05, 0.1) is 24.5 Å². The summed E-state index contributed by atoms with van der Waals surface area (Å²) in [6.45, 7) is 4.23. The minimum absolute atomic E-state index is 0.164. The highest BCUT2D eigenvalue weighted by atomic mass is 16.3. The fourth-order valence-corrected chi connectivity index (χ4v) is 1.43. The van der Waals surface area contributed by atoms with Crippen LogP contribution in [0.25, 0.3) is 0 Å². The van der Waals surface area contributed by atoms with Gasteiger partial charge in [-0.05, 0) is 5.92 Å². The smallest absolute Gasteiger partial charge is 0.268 e. The molecule has 0 aliphatic heterocycles. The SMILES string of the molecule is CCC(C)C(O)Cn1ncc(N(C)C)cc1=O. The van der Waals surface area contributed by atoms with Gasteiger partial charge in [0.1, 0.15) is 0 Å². The fourth-order valence-electron chi connectivity index (χ4n) is 1.43. The lowest BCUT2D eigenvalue weighted by atomic mass is 10.0. The average molecular weight is 239 g/mol. The van der Waals surface area contributed by atoms with Crippen molar-refractivity contribution in [2.75, 3.05) is 19.0 Å². The van der Waals surface area contributed by atoms with Crippen LogP contribution in [0.1, 0.15) is 20.3 Å². The summed E-state index contributed by atoms with van der Waals surface area (Å²) in [4.78, 5) is 13.6. The van der Waals surface area contributed by atoms with Crippen molar-refractivity contribution in [2.45, 2.75) is 32.9 Å². The summed E-state index contributed by atoms with van der Waals surface area (Å²) in [5.74, 6) is 0.164. The molecule has 2 atom stereocenters. The molecular formula is C12H21N3O2. The molecular weight excluding hydrogens is 218 g/mol. The molecule has 0 fully saturated rings. The van der Waals surface area contributed by atoms with Crippen molar-refractivity contribution >= 4 is 5.69 Å². The molecule has 5 heteroatoms. The molecule has 0 saturated heterocycles. The van der Waals surface area contributed by atoms with Gasteiger partial charge in [-0.2, -0.15) is 5.10 Å². The molecule has 1 aromatic rings. The van der Waals surface area contributed by atoms with E-state index in [1.807, 2.05) is 32.8 Å². The van der Waals surface area contributed by atoms with Crippen LogP contribution in [0, 0.1) is 5.92 Å². The van der Waals surface area contributed by atoms with E-state index in [0.29, 0.717) is 0 Å². The van der Waals surface area contributed by atoms with Crippen molar-refractivity contribution in [1.82, 2.24) is 9.78 Å². The maximum atomic E-state index is 11.8. The van der Waals surface area contributed by atoms with Gasteiger partial charge in [0.25, 0.3) is 5.56 Å². The first kappa shape index (κ1) is 13.7. The molecule has 0 amide bonds. The van der Waals surface area contributed by atoms with Gasteiger partial charge in [0, 0.05) is 20.2 Å². The summed E-state index contributed by atoms with van der Waals surface area (Å²) in [6.07, 6.45) is 1.98. The van der Waals surface area contributed by atoms with Crippen LogP contribution in [0.2, 0.25) is 0 Å². The molecule has 1 aromatic heterocycles. The average Bonchev–Trinajstić information content (AvgIpc) is 2.30. The summed E-state index contributed by atoms with van der Waals surface area (Å²) in [5.41, 5.74) is 0.586. The third kappa shape index (κ3) is 3.56. The highest BCUT2D eigenvalue weighted by molar-refractivity contribution is 5.40. The number of aliphatic hydroxyl groups is 1. The van der Waals surface area contributed by atoms with Crippen LogP contribution in [0.5, 0.6) is 0 Å². The molecule has 0 aliphatic rings. The lowest BCUT2D eigenvalue weighted by Crippen LogP contribution is -2.32. The Hall–Kier alpha value is -1.36. The third-order valence-electron chi connectivity index (χ3n) is 3.03. The van der Waals surface area contributed by atoms with Crippen molar-refractivity contribution in [3.63, 3.8) is 0 Å². The molecule has 0 spiro atoms. The van der Waals surface area contributed by atoms with Crippen LogP contribution in [0.4, 0.5) is 5.69 Å². The zero-order chi connectivity index (χ0) is 13.0. The molecule has 2 unspecified atom stereocenters. The number of anilines is 1. The maximum absolute atomic E-state index is 11.8. The molecule has 1 rings (SSSR count). The zero-order valence-corrected chi connectivity index (χ0v) is 10.9. The number of hydrogen-bond acceptors (Lipinski definition) is 4. The molecule has 17 heavy (non-hydrogen) atoms. The summed E-state index contributed by atoms with van der Waals surface area (Å²) >= 11 is 0. The van der Waals surface area contributed by atoms with E-state index in [2.05, 4.69) is 5.10 Å². The summed E-state index contributed by atoms with van der Waals surface area (Å²) in [7, 11) is 3.71. The van der Waals surface area contributed by atoms with E-state index in [1.54, 1.807) is 6.20 Å². The van der Waals surface area contributed by atoms with Crippen LogP contribution < -0.4 is 10.5 Å². The Labute approximate surface area is 102 Å². The zero-order valence-electron chi connectivity index (χ0n) is 10.9. The second kappa shape index (κ2) is 5.82. The van der Waals surface area contributed by atoms with Gasteiger partial charge in [-0.15, -0.1) is 0 Å². The molecule has 1 N–H and O–H groups in total. The standard InChI is InChI=1S/C12H21N3O2/c1-5-9(2)11(16)8-15-12(17)6-10(7-13-15)14(3)4/h6-7,9,11,16H,5,8H2,1-4H3. The van der Waals surface area contributed by atoms with Crippen LogP contribution in [-0.2, 0) is 6.54 Å². The quantitative estimate of drug-likeness (QED) is 0.822. The number of hydrogen-bond donors (Lipinski definition) is 1. The number of aliphatic hydroxyl groups excluding tert-OH is 1. The number of aromatic nitrogens is 2.